The maximum atomic E-state index is 13.2. The number of carbonyl (C=O) groups excluding carboxylic acids is 1. The molecule has 4 aromatic rings. The lowest BCUT2D eigenvalue weighted by Gasteiger charge is -2.20. The molecule has 0 fully saturated rings. The van der Waals surface area contributed by atoms with Crippen LogP contribution in [-0.2, 0) is 17.8 Å². The van der Waals surface area contributed by atoms with E-state index in [0.717, 1.165) is 39.9 Å². The van der Waals surface area contributed by atoms with Gasteiger partial charge in [0.25, 0.3) is 0 Å². The van der Waals surface area contributed by atoms with E-state index >= 15 is 0 Å². The third-order valence-corrected chi connectivity index (χ3v) is 6.20. The second-order valence-electron chi connectivity index (χ2n) is 7.43. The molecule has 0 atom stereocenters. The Morgan fingerprint density at radius 1 is 1.20 bits per heavy atom. The molecule has 0 saturated heterocycles. The number of hydrogen-bond acceptors (Lipinski definition) is 4. The van der Waals surface area contributed by atoms with E-state index in [1.165, 1.54) is 12.1 Å². The summed E-state index contributed by atoms with van der Waals surface area (Å²) in [6, 6.07) is 10.3. The topological polar surface area (TPSA) is 51.0 Å². The van der Waals surface area contributed by atoms with Crippen molar-refractivity contribution in [1.82, 2.24) is 14.5 Å². The second kappa shape index (κ2) is 8.75. The van der Waals surface area contributed by atoms with E-state index in [2.05, 4.69) is 24.0 Å². The fourth-order valence-corrected chi connectivity index (χ4v) is 4.57. The molecule has 0 bridgehead atoms. The molecule has 0 aliphatic heterocycles. The molecule has 2 aromatic carbocycles. The average Bonchev–Trinajstić information content (AvgIpc) is 3.36. The number of fused-ring (bicyclic) bond motifs is 1. The summed E-state index contributed by atoms with van der Waals surface area (Å²) < 4.78 is 16.3. The molecule has 2 aromatic heterocycles. The Morgan fingerprint density at radius 2 is 2.00 bits per heavy atom. The first-order valence-electron chi connectivity index (χ1n) is 9.88. The van der Waals surface area contributed by atoms with E-state index in [0.29, 0.717) is 11.7 Å². The summed E-state index contributed by atoms with van der Waals surface area (Å²) in [5.41, 5.74) is 4.02. The van der Waals surface area contributed by atoms with Crippen LogP contribution in [0.25, 0.3) is 10.2 Å². The van der Waals surface area contributed by atoms with Gasteiger partial charge in [-0.1, -0.05) is 29.5 Å². The highest BCUT2D eigenvalue weighted by Gasteiger charge is 2.20. The third kappa shape index (κ3) is 4.57. The second-order valence-corrected chi connectivity index (χ2v) is 8.41. The van der Waals surface area contributed by atoms with Gasteiger partial charge in [-0.2, -0.15) is 0 Å². The fourth-order valence-electron chi connectivity index (χ4n) is 3.51. The number of aromatic nitrogens is 3. The van der Waals surface area contributed by atoms with E-state index in [1.807, 2.05) is 17.7 Å². The van der Waals surface area contributed by atoms with Crippen molar-refractivity contribution in [2.24, 2.45) is 0 Å². The van der Waals surface area contributed by atoms with Crippen molar-refractivity contribution < 1.29 is 9.18 Å². The van der Waals surface area contributed by atoms with Crippen LogP contribution in [-0.4, -0.2) is 27.0 Å². The highest BCUT2D eigenvalue weighted by molar-refractivity contribution is 7.22. The van der Waals surface area contributed by atoms with Crippen molar-refractivity contribution in [3.63, 3.8) is 0 Å². The molecule has 154 valence electrons. The quantitative estimate of drug-likeness (QED) is 0.425. The summed E-state index contributed by atoms with van der Waals surface area (Å²) in [6.45, 7) is 5.44. The zero-order valence-corrected chi connectivity index (χ0v) is 17.8. The van der Waals surface area contributed by atoms with Crippen LogP contribution < -0.4 is 4.90 Å². The van der Waals surface area contributed by atoms with E-state index < -0.39 is 0 Å². The summed E-state index contributed by atoms with van der Waals surface area (Å²) in [6.07, 6.45) is 6.41. The summed E-state index contributed by atoms with van der Waals surface area (Å²) in [7, 11) is 0. The Kier molecular flexibility index (Phi) is 5.90. The van der Waals surface area contributed by atoms with Crippen molar-refractivity contribution in [3.8, 4) is 0 Å². The lowest BCUT2D eigenvalue weighted by Crippen LogP contribution is -2.33. The highest BCUT2D eigenvalue weighted by atomic mass is 32.1. The van der Waals surface area contributed by atoms with Crippen LogP contribution in [0, 0.1) is 19.7 Å². The number of halogens is 1. The Bertz CT molecular complexity index is 1150. The highest BCUT2D eigenvalue weighted by Crippen LogP contribution is 2.32. The molecular formula is C23H23FN4OS. The molecule has 0 N–H and O–H groups in total. The third-order valence-electron chi connectivity index (χ3n) is 4.97. The van der Waals surface area contributed by atoms with Crippen LogP contribution in [0.4, 0.5) is 9.52 Å². The van der Waals surface area contributed by atoms with Gasteiger partial charge in [-0.05, 0) is 55.2 Å². The van der Waals surface area contributed by atoms with Crippen LogP contribution in [0.3, 0.4) is 0 Å². The number of aryl methyl sites for hydroxylation is 3. The Morgan fingerprint density at radius 3 is 2.73 bits per heavy atom. The molecule has 4 rings (SSSR count). The number of rotatable bonds is 7. The van der Waals surface area contributed by atoms with Gasteiger partial charge < -0.3 is 4.57 Å². The van der Waals surface area contributed by atoms with E-state index in [1.54, 1.807) is 40.9 Å². The lowest BCUT2D eigenvalue weighted by molar-refractivity contribution is -0.118. The molecule has 0 spiro atoms. The molecule has 0 saturated carbocycles. The zero-order valence-electron chi connectivity index (χ0n) is 17.0. The normalized spacial score (nSPS) is 11.2. The van der Waals surface area contributed by atoms with Gasteiger partial charge in [-0.25, -0.2) is 14.4 Å². The van der Waals surface area contributed by atoms with E-state index in [-0.39, 0.29) is 18.1 Å². The number of anilines is 1. The zero-order chi connectivity index (χ0) is 21.1. The van der Waals surface area contributed by atoms with Crippen molar-refractivity contribution >= 4 is 32.6 Å². The summed E-state index contributed by atoms with van der Waals surface area (Å²) in [5, 5.41) is 0.705. The average molecular weight is 423 g/mol. The minimum absolute atomic E-state index is 0.0410. The van der Waals surface area contributed by atoms with Crippen molar-refractivity contribution in [1.29, 1.82) is 0 Å². The first-order valence-corrected chi connectivity index (χ1v) is 10.7. The lowest BCUT2D eigenvalue weighted by atomic mass is 10.1. The van der Waals surface area contributed by atoms with Crippen molar-refractivity contribution in [2.45, 2.75) is 33.2 Å². The molecule has 7 heteroatoms. The van der Waals surface area contributed by atoms with Gasteiger partial charge in [0.1, 0.15) is 5.82 Å². The van der Waals surface area contributed by atoms with Gasteiger partial charge >= 0.3 is 0 Å². The smallest absolute Gasteiger partial charge is 0.233 e. The van der Waals surface area contributed by atoms with E-state index in [4.69, 9.17) is 4.98 Å². The molecule has 30 heavy (non-hydrogen) atoms. The molecular weight excluding hydrogens is 399 g/mol. The molecule has 1 amide bonds. The van der Waals surface area contributed by atoms with Gasteiger partial charge in [0.2, 0.25) is 5.91 Å². The Labute approximate surface area is 178 Å². The molecule has 0 radical (unpaired) electrons. The Balaban J connectivity index is 1.59. The van der Waals surface area contributed by atoms with Gasteiger partial charge in [-0.15, -0.1) is 0 Å². The van der Waals surface area contributed by atoms with E-state index in [9.17, 15) is 9.18 Å². The van der Waals surface area contributed by atoms with Gasteiger partial charge in [-0.3, -0.25) is 9.69 Å². The van der Waals surface area contributed by atoms with Crippen LogP contribution in [0.2, 0.25) is 0 Å². The number of benzene rings is 2. The molecule has 0 aliphatic rings. The van der Waals surface area contributed by atoms with Crippen LogP contribution >= 0.6 is 11.3 Å². The first-order chi connectivity index (χ1) is 14.5. The van der Waals surface area contributed by atoms with Crippen LogP contribution in [0.5, 0.6) is 0 Å². The Hall–Kier alpha value is -3.06. The van der Waals surface area contributed by atoms with Gasteiger partial charge in [0.15, 0.2) is 5.13 Å². The predicted molar refractivity (Wildman–Crippen MR) is 118 cm³/mol. The number of amides is 1. The minimum atomic E-state index is -0.305. The summed E-state index contributed by atoms with van der Waals surface area (Å²) in [5.74, 6) is -0.346. The van der Waals surface area contributed by atoms with Gasteiger partial charge in [0, 0.05) is 25.5 Å². The van der Waals surface area contributed by atoms with Crippen molar-refractivity contribution in [3.05, 3.63) is 77.6 Å². The predicted octanol–water partition coefficient (Wildman–Crippen LogP) is 4.91. The SMILES string of the molecule is Cc1cc(C)c2sc(N(CCCn3ccnc3)C(=O)Cc3ccc(F)cc3)nc2c1. The monoisotopic (exact) mass is 422 g/mol. The summed E-state index contributed by atoms with van der Waals surface area (Å²) >= 11 is 1.54. The van der Waals surface area contributed by atoms with Crippen LogP contribution in [0.1, 0.15) is 23.1 Å². The van der Waals surface area contributed by atoms with Crippen molar-refractivity contribution in [2.75, 3.05) is 11.4 Å². The number of thiazole rings is 1. The number of carbonyl (C=O) groups is 1. The van der Waals surface area contributed by atoms with Gasteiger partial charge in [0.05, 0.1) is 23.0 Å². The van der Waals surface area contributed by atoms with Crippen LogP contribution in [0.15, 0.2) is 55.1 Å². The fraction of sp³-hybridized carbons (Fsp3) is 0.261. The number of nitrogens with zero attached hydrogens (tertiary/aromatic N) is 4. The summed E-state index contributed by atoms with van der Waals surface area (Å²) in [4.78, 5) is 23.8. The minimum Gasteiger partial charge on any atom is -0.337 e. The maximum absolute atomic E-state index is 13.2. The molecule has 0 unspecified atom stereocenters. The maximum Gasteiger partial charge on any atom is 0.233 e. The molecule has 0 aliphatic carbocycles. The largest absolute Gasteiger partial charge is 0.337 e. The molecule has 5 nitrogen and oxygen atoms in total. The number of hydrogen-bond donors (Lipinski definition) is 0. The first kappa shape index (κ1) is 20.2. The molecule has 2 heterocycles. The number of imidazole rings is 1. The standard InChI is InChI=1S/C23H23FN4OS/c1-16-12-17(2)22-20(13-16)26-23(30-22)28(10-3-9-27-11-8-25-15-27)21(29)14-18-4-6-19(24)7-5-18/h4-8,11-13,15H,3,9-10,14H2,1-2H3.